The lowest BCUT2D eigenvalue weighted by Crippen LogP contribution is -2.31. The average molecular weight is 437 g/mol. The summed E-state index contributed by atoms with van der Waals surface area (Å²) in [5, 5.41) is 8.53. The number of nitrogens with zero attached hydrogens (tertiary/aromatic N) is 4. The lowest BCUT2D eigenvalue weighted by molar-refractivity contribution is -0.115. The van der Waals surface area contributed by atoms with E-state index in [9.17, 15) is 4.79 Å². The van der Waals surface area contributed by atoms with Gasteiger partial charge in [-0.1, -0.05) is 23.7 Å². The smallest absolute Gasteiger partial charge is 0.248 e. The summed E-state index contributed by atoms with van der Waals surface area (Å²) >= 11 is 6.06. The Morgan fingerprint density at radius 1 is 1.13 bits per heavy atom. The van der Waals surface area contributed by atoms with Crippen molar-refractivity contribution in [3.8, 4) is 11.4 Å². The third kappa shape index (κ3) is 3.88. The summed E-state index contributed by atoms with van der Waals surface area (Å²) < 4.78 is 1.71. The first-order chi connectivity index (χ1) is 14.9. The number of halogens is 1. The molecule has 3 aromatic rings. The molecule has 0 radical (unpaired) electrons. The van der Waals surface area contributed by atoms with Crippen molar-refractivity contribution in [3.05, 3.63) is 70.4 Å². The van der Waals surface area contributed by atoms with Crippen molar-refractivity contribution in [2.24, 2.45) is 5.73 Å². The van der Waals surface area contributed by atoms with E-state index < -0.39 is 11.9 Å². The molecule has 1 unspecified atom stereocenters. The van der Waals surface area contributed by atoms with Gasteiger partial charge in [0, 0.05) is 35.1 Å². The lowest BCUT2D eigenvalue weighted by atomic mass is 9.95. The van der Waals surface area contributed by atoms with Crippen LogP contribution in [0.15, 0.2) is 59.8 Å². The van der Waals surface area contributed by atoms with Crippen LogP contribution >= 0.6 is 11.6 Å². The number of carbonyl (C=O) groups excluding carboxylic acids is 1. The maximum absolute atomic E-state index is 12.3. The van der Waals surface area contributed by atoms with Crippen LogP contribution in [0.5, 0.6) is 0 Å². The third-order valence-electron chi connectivity index (χ3n) is 5.56. The molecule has 1 amide bonds. The summed E-state index contributed by atoms with van der Waals surface area (Å²) in [4.78, 5) is 19.3. The van der Waals surface area contributed by atoms with Crippen LogP contribution in [0.25, 0.3) is 11.4 Å². The molecule has 7 nitrogen and oxygen atoms in total. The van der Waals surface area contributed by atoms with Crippen molar-refractivity contribution in [3.63, 3.8) is 0 Å². The van der Waals surface area contributed by atoms with Gasteiger partial charge in [-0.2, -0.15) is 4.98 Å². The molecular formula is C23H25ClN6O. The Labute approximate surface area is 186 Å². The van der Waals surface area contributed by atoms with Gasteiger partial charge in [0.05, 0.1) is 5.57 Å². The highest BCUT2D eigenvalue weighted by Crippen LogP contribution is 2.36. The molecule has 1 aromatic heterocycles. The van der Waals surface area contributed by atoms with Crippen LogP contribution in [0.3, 0.4) is 0 Å². The Hall–Kier alpha value is -3.32. The van der Waals surface area contributed by atoms with Crippen LogP contribution in [0, 0.1) is 0 Å². The molecule has 0 saturated heterocycles. The van der Waals surface area contributed by atoms with Gasteiger partial charge < -0.3 is 16.0 Å². The molecule has 8 heteroatoms. The zero-order valence-electron chi connectivity index (χ0n) is 17.8. The molecule has 0 aliphatic carbocycles. The Balaban J connectivity index is 1.76. The summed E-state index contributed by atoms with van der Waals surface area (Å²) in [5.41, 5.74) is 9.75. The Morgan fingerprint density at radius 3 is 2.35 bits per heavy atom. The maximum atomic E-state index is 12.3. The highest BCUT2D eigenvalue weighted by molar-refractivity contribution is 6.30. The van der Waals surface area contributed by atoms with Crippen LogP contribution in [0.1, 0.15) is 32.4 Å². The molecule has 1 atom stereocenters. The summed E-state index contributed by atoms with van der Waals surface area (Å²) in [5.74, 6) is 0.632. The van der Waals surface area contributed by atoms with Crippen molar-refractivity contribution >= 4 is 29.1 Å². The predicted molar refractivity (Wildman–Crippen MR) is 124 cm³/mol. The van der Waals surface area contributed by atoms with Crippen LogP contribution in [-0.4, -0.2) is 33.8 Å². The van der Waals surface area contributed by atoms with Crippen LogP contribution in [-0.2, 0) is 4.79 Å². The number of aromatic nitrogens is 3. The highest BCUT2D eigenvalue weighted by atomic mass is 35.5. The standard InChI is InChI=1S/C23H25ClN6O/c1-4-29(5-2)18-12-8-16(9-13-18)22-27-23-26-14(3)19(21(25)31)20(30(23)28-22)15-6-10-17(24)11-7-15/h6-13,20H,4-5H2,1-3H3,(H2,25,31)(H,26,27,28). The molecule has 0 bridgehead atoms. The van der Waals surface area contributed by atoms with Crippen molar-refractivity contribution < 1.29 is 4.79 Å². The normalized spacial score (nSPS) is 15.4. The number of amides is 1. The van der Waals surface area contributed by atoms with Crippen LogP contribution < -0.4 is 16.0 Å². The highest BCUT2D eigenvalue weighted by Gasteiger charge is 2.33. The maximum Gasteiger partial charge on any atom is 0.248 e. The fourth-order valence-corrected chi connectivity index (χ4v) is 4.08. The third-order valence-corrected chi connectivity index (χ3v) is 5.81. The van der Waals surface area contributed by atoms with E-state index in [0.717, 1.165) is 29.9 Å². The van der Waals surface area contributed by atoms with Crippen molar-refractivity contribution in [2.45, 2.75) is 26.8 Å². The number of nitrogens with two attached hydrogens (primary N) is 1. The molecule has 4 rings (SSSR count). The zero-order valence-corrected chi connectivity index (χ0v) is 18.5. The van der Waals surface area contributed by atoms with E-state index in [1.807, 2.05) is 31.2 Å². The molecule has 0 saturated carbocycles. The molecular weight excluding hydrogens is 412 g/mol. The van der Waals surface area contributed by atoms with Crippen molar-refractivity contribution in [2.75, 3.05) is 23.3 Å². The molecule has 2 aromatic carbocycles. The van der Waals surface area contributed by atoms with E-state index in [-0.39, 0.29) is 0 Å². The van der Waals surface area contributed by atoms with E-state index in [1.165, 1.54) is 0 Å². The number of allylic oxidation sites excluding steroid dienone is 1. The molecule has 1 aliphatic rings. The van der Waals surface area contributed by atoms with Crippen molar-refractivity contribution in [1.82, 2.24) is 14.8 Å². The Bertz CT molecular complexity index is 1130. The minimum absolute atomic E-state index is 0.447. The number of hydrogen-bond acceptors (Lipinski definition) is 5. The number of fused-ring (bicyclic) bond motifs is 1. The largest absolute Gasteiger partial charge is 0.372 e. The van der Waals surface area contributed by atoms with Crippen LogP contribution in [0.2, 0.25) is 5.02 Å². The molecule has 0 spiro atoms. The number of anilines is 2. The van der Waals surface area contributed by atoms with Gasteiger partial charge in [0.15, 0.2) is 5.82 Å². The second-order valence-electron chi connectivity index (χ2n) is 7.40. The molecule has 0 fully saturated rings. The number of carbonyl (C=O) groups is 1. The topological polar surface area (TPSA) is 89.1 Å². The van der Waals surface area contributed by atoms with Crippen LogP contribution in [0.4, 0.5) is 11.6 Å². The summed E-state index contributed by atoms with van der Waals surface area (Å²) in [6.07, 6.45) is 0. The molecule has 31 heavy (non-hydrogen) atoms. The van der Waals surface area contributed by atoms with E-state index in [4.69, 9.17) is 22.4 Å². The number of benzene rings is 2. The first kappa shape index (κ1) is 20.9. The van der Waals surface area contributed by atoms with Gasteiger partial charge in [-0.15, -0.1) is 5.10 Å². The first-order valence-electron chi connectivity index (χ1n) is 10.3. The van der Waals surface area contributed by atoms with Gasteiger partial charge in [0.2, 0.25) is 11.9 Å². The summed E-state index contributed by atoms with van der Waals surface area (Å²) in [6, 6.07) is 15.0. The average Bonchev–Trinajstić information content (AvgIpc) is 3.18. The van der Waals surface area contributed by atoms with Gasteiger partial charge in [-0.05, 0) is 62.7 Å². The van der Waals surface area contributed by atoms with Gasteiger partial charge >= 0.3 is 0 Å². The second kappa shape index (κ2) is 8.43. The quantitative estimate of drug-likeness (QED) is 0.603. The van der Waals surface area contributed by atoms with Gasteiger partial charge in [0.25, 0.3) is 0 Å². The Morgan fingerprint density at radius 2 is 1.77 bits per heavy atom. The zero-order chi connectivity index (χ0) is 22.1. The monoisotopic (exact) mass is 436 g/mol. The number of primary amides is 1. The van der Waals surface area contributed by atoms with E-state index in [1.54, 1.807) is 16.8 Å². The second-order valence-corrected chi connectivity index (χ2v) is 7.84. The fraction of sp³-hybridized carbons (Fsp3) is 0.261. The molecule has 1 aliphatic heterocycles. The minimum Gasteiger partial charge on any atom is -0.372 e. The summed E-state index contributed by atoms with van der Waals surface area (Å²) in [6.45, 7) is 7.98. The fourth-order valence-electron chi connectivity index (χ4n) is 3.96. The summed E-state index contributed by atoms with van der Waals surface area (Å²) in [7, 11) is 0. The number of hydrogen-bond donors (Lipinski definition) is 2. The van der Waals surface area contributed by atoms with E-state index in [0.29, 0.717) is 28.1 Å². The first-order valence-corrected chi connectivity index (χ1v) is 10.7. The molecule has 160 valence electrons. The lowest BCUT2D eigenvalue weighted by Gasteiger charge is -2.27. The van der Waals surface area contributed by atoms with Gasteiger partial charge in [-0.3, -0.25) is 4.79 Å². The SMILES string of the molecule is CCN(CC)c1ccc(-c2nc3n(n2)C(c2ccc(Cl)cc2)C(C(N)=O)=C(C)N3)cc1. The number of rotatable bonds is 6. The minimum atomic E-state index is -0.503. The Kier molecular flexibility index (Phi) is 5.69. The van der Waals surface area contributed by atoms with Crippen molar-refractivity contribution in [1.29, 1.82) is 0 Å². The predicted octanol–water partition coefficient (Wildman–Crippen LogP) is 4.22. The van der Waals surface area contributed by atoms with E-state index >= 15 is 0 Å². The van der Waals surface area contributed by atoms with E-state index in [2.05, 4.69) is 41.2 Å². The molecule has 3 N–H and O–H groups in total. The molecule has 2 heterocycles. The van der Waals surface area contributed by atoms with Gasteiger partial charge in [0.1, 0.15) is 6.04 Å². The number of nitrogens with one attached hydrogen (secondary N) is 1. The van der Waals surface area contributed by atoms with Gasteiger partial charge in [-0.25, -0.2) is 4.68 Å².